The molecule has 17 heavy (non-hydrogen) atoms. The average molecular weight is 254 g/mol. The second kappa shape index (κ2) is 6.34. The molecule has 4 heteroatoms. The van der Waals surface area contributed by atoms with Crippen molar-refractivity contribution in [2.45, 2.75) is 19.4 Å². The van der Waals surface area contributed by atoms with E-state index in [0.717, 1.165) is 24.0 Å². The predicted molar refractivity (Wildman–Crippen MR) is 71.2 cm³/mol. The largest absolute Gasteiger partial charge is 0.319 e. The van der Waals surface area contributed by atoms with E-state index >= 15 is 0 Å². The Bertz CT molecular complexity index is 348. The Morgan fingerprint density at radius 1 is 1.47 bits per heavy atom. The normalized spacial score (nSPS) is 18.5. The molecule has 1 aliphatic rings. The first-order valence-electron chi connectivity index (χ1n) is 6.25. The molecular weight excluding hydrogens is 234 g/mol. The highest BCUT2D eigenvalue weighted by Gasteiger charge is 2.18. The van der Waals surface area contributed by atoms with Gasteiger partial charge in [0.2, 0.25) is 0 Å². The minimum atomic E-state index is 0.782. The average Bonchev–Trinajstić information content (AvgIpc) is 2.35. The van der Waals surface area contributed by atoms with Crippen LogP contribution in [0.25, 0.3) is 0 Å². The smallest absolute Gasteiger partial charge is 0.0634 e. The Morgan fingerprint density at radius 2 is 2.24 bits per heavy atom. The van der Waals surface area contributed by atoms with E-state index in [1.807, 2.05) is 19.3 Å². The summed E-state index contributed by atoms with van der Waals surface area (Å²) in [4.78, 5) is 6.50. The molecule has 3 nitrogen and oxygen atoms in total. The summed E-state index contributed by atoms with van der Waals surface area (Å²) in [7, 11) is 2.03. The standard InChI is InChI=1S/C13H20ClN3/c1-15-8-11-3-6-17(7-4-11)10-12-2-5-16-9-13(12)14/h2,5,9,11,15H,3-4,6-8,10H2,1H3. The summed E-state index contributed by atoms with van der Waals surface area (Å²) in [6.45, 7) is 4.44. The fourth-order valence-corrected chi connectivity index (χ4v) is 2.59. The van der Waals surface area contributed by atoms with Gasteiger partial charge in [-0.1, -0.05) is 11.6 Å². The Kier molecular flexibility index (Phi) is 4.77. The van der Waals surface area contributed by atoms with Gasteiger partial charge >= 0.3 is 0 Å². The monoisotopic (exact) mass is 253 g/mol. The van der Waals surface area contributed by atoms with Gasteiger partial charge < -0.3 is 5.32 Å². The van der Waals surface area contributed by atoms with Crippen LogP contribution in [0.4, 0.5) is 0 Å². The number of halogens is 1. The molecule has 2 heterocycles. The van der Waals surface area contributed by atoms with Gasteiger partial charge in [0.15, 0.2) is 0 Å². The maximum atomic E-state index is 6.12. The number of hydrogen-bond acceptors (Lipinski definition) is 3. The maximum Gasteiger partial charge on any atom is 0.0634 e. The van der Waals surface area contributed by atoms with Crippen LogP contribution in [0.2, 0.25) is 5.02 Å². The van der Waals surface area contributed by atoms with Crippen molar-refractivity contribution in [1.29, 1.82) is 0 Å². The molecule has 0 spiro atoms. The SMILES string of the molecule is CNCC1CCN(Cc2ccncc2Cl)CC1. The van der Waals surface area contributed by atoms with Crippen molar-refractivity contribution < 1.29 is 0 Å². The number of piperidine rings is 1. The van der Waals surface area contributed by atoms with Crippen molar-refractivity contribution in [3.05, 3.63) is 29.0 Å². The molecule has 0 radical (unpaired) electrons. The summed E-state index contributed by atoms with van der Waals surface area (Å²) in [5.74, 6) is 0.837. The number of aromatic nitrogens is 1. The third kappa shape index (κ3) is 3.66. The lowest BCUT2D eigenvalue weighted by Gasteiger charge is -2.32. The van der Waals surface area contributed by atoms with Crippen LogP contribution < -0.4 is 5.32 Å². The molecular formula is C13H20ClN3. The summed E-state index contributed by atoms with van der Waals surface area (Å²) >= 11 is 6.12. The molecule has 1 fully saturated rings. The van der Waals surface area contributed by atoms with E-state index in [-0.39, 0.29) is 0 Å². The van der Waals surface area contributed by atoms with Crippen LogP contribution in [-0.2, 0) is 6.54 Å². The molecule has 1 aliphatic heterocycles. The lowest BCUT2D eigenvalue weighted by Crippen LogP contribution is -2.36. The molecule has 0 saturated carbocycles. The molecule has 0 amide bonds. The Morgan fingerprint density at radius 3 is 2.88 bits per heavy atom. The summed E-state index contributed by atoms with van der Waals surface area (Å²) in [5.41, 5.74) is 1.19. The molecule has 0 bridgehead atoms. The highest BCUT2D eigenvalue weighted by atomic mass is 35.5. The van der Waals surface area contributed by atoms with Gasteiger partial charge in [-0.25, -0.2) is 0 Å². The number of likely N-dealkylation sites (tertiary alicyclic amines) is 1. The molecule has 0 aliphatic carbocycles. The zero-order chi connectivity index (χ0) is 12.1. The van der Waals surface area contributed by atoms with Crippen molar-refractivity contribution in [2.75, 3.05) is 26.7 Å². The van der Waals surface area contributed by atoms with Gasteiger partial charge in [-0.3, -0.25) is 9.88 Å². The number of hydrogen-bond donors (Lipinski definition) is 1. The molecule has 0 atom stereocenters. The number of nitrogens with one attached hydrogen (secondary N) is 1. The number of pyridine rings is 1. The van der Waals surface area contributed by atoms with Crippen LogP contribution in [-0.4, -0.2) is 36.6 Å². The van der Waals surface area contributed by atoms with Crippen LogP contribution in [0, 0.1) is 5.92 Å². The Hall–Kier alpha value is -0.640. The predicted octanol–water partition coefficient (Wildman–Crippen LogP) is 2.17. The molecule has 94 valence electrons. The topological polar surface area (TPSA) is 28.2 Å². The van der Waals surface area contributed by atoms with Crippen molar-refractivity contribution in [1.82, 2.24) is 15.2 Å². The lowest BCUT2D eigenvalue weighted by atomic mass is 9.96. The van der Waals surface area contributed by atoms with E-state index in [9.17, 15) is 0 Å². The van der Waals surface area contributed by atoms with Crippen LogP contribution in [0.15, 0.2) is 18.5 Å². The third-order valence-corrected chi connectivity index (χ3v) is 3.79. The van der Waals surface area contributed by atoms with Gasteiger partial charge in [0.05, 0.1) is 5.02 Å². The summed E-state index contributed by atoms with van der Waals surface area (Å²) < 4.78 is 0. The van der Waals surface area contributed by atoms with Gasteiger partial charge in [0.1, 0.15) is 0 Å². The molecule has 1 saturated heterocycles. The van der Waals surface area contributed by atoms with Crippen LogP contribution >= 0.6 is 11.6 Å². The van der Waals surface area contributed by atoms with Crippen LogP contribution in [0.1, 0.15) is 18.4 Å². The first-order chi connectivity index (χ1) is 8.29. The zero-order valence-electron chi connectivity index (χ0n) is 10.3. The maximum absolute atomic E-state index is 6.12. The zero-order valence-corrected chi connectivity index (χ0v) is 11.1. The van der Waals surface area contributed by atoms with Crippen molar-refractivity contribution in [2.24, 2.45) is 5.92 Å². The molecule has 2 rings (SSSR count). The minimum Gasteiger partial charge on any atom is -0.319 e. The lowest BCUT2D eigenvalue weighted by molar-refractivity contribution is 0.177. The molecule has 1 aromatic rings. The number of rotatable bonds is 4. The fourth-order valence-electron chi connectivity index (χ4n) is 2.41. The van der Waals surface area contributed by atoms with E-state index in [2.05, 4.69) is 15.2 Å². The first-order valence-corrected chi connectivity index (χ1v) is 6.62. The summed E-state index contributed by atoms with van der Waals surface area (Å²) in [6, 6.07) is 2.02. The molecule has 0 unspecified atom stereocenters. The molecule has 1 aromatic heterocycles. The molecule has 0 aromatic carbocycles. The van der Waals surface area contributed by atoms with E-state index < -0.39 is 0 Å². The van der Waals surface area contributed by atoms with Crippen molar-refractivity contribution >= 4 is 11.6 Å². The van der Waals surface area contributed by atoms with Gasteiger partial charge in [0, 0.05) is 18.9 Å². The van der Waals surface area contributed by atoms with Crippen LogP contribution in [0.3, 0.4) is 0 Å². The van der Waals surface area contributed by atoms with Crippen molar-refractivity contribution in [3.63, 3.8) is 0 Å². The van der Waals surface area contributed by atoms with Gasteiger partial charge in [-0.15, -0.1) is 0 Å². The first kappa shape index (κ1) is 12.8. The highest BCUT2D eigenvalue weighted by Crippen LogP contribution is 2.21. The molecule has 1 N–H and O–H groups in total. The van der Waals surface area contributed by atoms with Gasteiger partial charge in [-0.2, -0.15) is 0 Å². The highest BCUT2D eigenvalue weighted by molar-refractivity contribution is 6.31. The van der Waals surface area contributed by atoms with E-state index in [4.69, 9.17) is 11.6 Å². The summed E-state index contributed by atoms with van der Waals surface area (Å²) in [6.07, 6.45) is 6.10. The van der Waals surface area contributed by atoms with Gasteiger partial charge in [0.25, 0.3) is 0 Å². The van der Waals surface area contributed by atoms with E-state index in [1.54, 1.807) is 6.20 Å². The van der Waals surface area contributed by atoms with E-state index in [0.29, 0.717) is 0 Å². The van der Waals surface area contributed by atoms with Crippen LogP contribution in [0.5, 0.6) is 0 Å². The van der Waals surface area contributed by atoms with E-state index in [1.165, 1.54) is 31.5 Å². The Balaban J connectivity index is 1.84. The third-order valence-electron chi connectivity index (χ3n) is 3.45. The minimum absolute atomic E-state index is 0.782. The second-order valence-corrected chi connectivity index (χ2v) is 5.15. The quantitative estimate of drug-likeness (QED) is 0.892. The van der Waals surface area contributed by atoms with Crippen molar-refractivity contribution in [3.8, 4) is 0 Å². The fraction of sp³-hybridized carbons (Fsp3) is 0.615. The summed E-state index contributed by atoms with van der Waals surface area (Å²) in [5, 5.41) is 4.05. The Labute approximate surface area is 108 Å². The second-order valence-electron chi connectivity index (χ2n) is 4.74. The number of nitrogens with zero attached hydrogens (tertiary/aromatic N) is 2. The van der Waals surface area contributed by atoms with Gasteiger partial charge in [-0.05, 0) is 57.1 Å².